The Bertz CT molecular complexity index is 515. The number of benzene rings is 1. The molecule has 0 fully saturated rings. The molecule has 1 atom stereocenters. The maximum Gasteiger partial charge on any atom is 0.227 e. The fourth-order valence-electron chi connectivity index (χ4n) is 2.29. The van der Waals surface area contributed by atoms with Crippen LogP contribution in [0.5, 0.6) is 5.75 Å². The highest BCUT2D eigenvalue weighted by Crippen LogP contribution is 2.28. The molecule has 0 radical (unpaired) electrons. The molecule has 0 aromatic heterocycles. The standard InChI is InChI=1S/C17H26N2O3/c1-5-7-8-13(6-2)17(21)19-14-9-10-16(22-4)15(11-14)18-12(3)20/h9-11,13H,5-8H2,1-4H3,(H,18,20)(H,19,21). The Morgan fingerprint density at radius 2 is 1.95 bits per heavy atom. The summed E-state index contributed by atoms with van der Waals surface area (Å²) in [6.07, 6.45) is 3.85. The van der Waals surface area contributed by atoms with Gasteiger partial charge in [-0.25, -0.2) is 0 Å². The fraction of sp³-hybridized carbons (Fsp3) is 0.529. The maximum atomic E-state index is 12.3. The van der Waals surface area contributed by atoms with Gasteiger partial charge in [-0.1, -0.05) is 26.7 Å². The third-order valence-corrected chi connectivity index (χ3v) is 3.55. The Morgan fingerprint density at radius 1 is 1.23 bits per heavy atom. The van der Waals surface area contributed by atoms with Gasteiger partial charge in [-0.05, 0) is 31.0 Å². The van der Waals surface area contributed by atoms with E-state index in [2.05, 4.69) is 17.6 Å². The molecule has 2 amide bonds. The van der Waals surface area contributed by atoms with Crippen LogP contribution in [-0.2, 0) is 9.59 Å². The highest BCUT2D eigenvalue weighted by molar-refractivity contribution is 5.95. The molecule has 0 spiro atoms. The minimum Gasteiger partial charge on any atom is -0.495 e. The summed E-state index contributed by atoms with van der Waals surface area (Å²) in [6.45, 7) is 5.58. The van der Waals surface area contributed by atoms with Crippen molar-refractivity contribution in [2.75, 3.05) is 17.7 Å². The number of unbranched alkanes of at least 4 members (excludes halogenated alkanes) is 1. The quantitative estimate of drug-likeness (QED) is 0.767. The van der Waals surface area contributed by atoms with E-state index >= 15 is 0 Å². The van der Waals surface area contributed by atoms with Crippen molar-refractivity contribution < 1.29 is 14.3 Å². The van der Waals surface area contributed by atoms with Crippen molar-refractivity contribution in [3.8, 4) is 5.75 Å². The smallest absolute Gasteiger partial charge is 0.227 e. The molecule has 122 valence electrons. The number of carbonyl (C=O) groups excluding carboxylic acids is 2. The first-order valence-electron chi connectivity index (χ1n) is 7.78. The maximum absolute atomic E-state index is 12.3. The molecule has 1 unspecified atom stereocenters. The monoisotopic (exact) mass is 306 g/mol. The first kappa shape index (κ1) is 18.0. The Balaban J connectivity index is 2.83. The summed E-state index contributed by atoms with van der Waals surface area (Å²) in [6, 6.07) is 5.22. The van der Waals surface area contributed by atoms with Gasteiger partial charge in [0.15, 0.2) is 0 Å². The first-order valence-corrected chi connectivity index (χ1v) is 7.78. The van der Waals surface area contributed by atoms with E-state index in [0.29, 0.717) is 17.1 Å². The van der Waals surface area contributed by atoms with Gasteiger partial charge in [0.2, 0.25) is 11.8 Å². The number of hydrogen-bond acceptors (Lipinski definition) is 3. The zero-order valence-corrected chi connectivity index (χ0v) is 13.9. The molecule has 0 saturated heterocycles. The molecule has 1 rings (SSSR count). The SMILES string of the molecule is CCCCC(CC)C(=O)Nc1ccc(OC)c(NC(C)=O)c1. The molecule has 0 bridgehead atoms. The zero-order chi connectivity index (χ0) is 16.5. The lowest BCUT2D eigenvalue weighted by Gasteiger charge is -2.16. The number of amides is 2. The molecular formula is C17H26N2O3. The van der Waals surface area contributed by atoms with E-state index in [0.717, 1.165) is 25.7 Å². The molecule has 5 nitrogen and oxygen atoms in total. The van der Waals surface area contributed by atoms with Crippen LogP contribution < -0.4 is 15.4 Å². The molecule has 5 heteroatoms. The second-order valence-electron chi connectivity index (χ2n) is 5.33. The Kier molecular flexibility index (Phi) is 7.43. The second kappa shape index (κ2) is 9.07. The van der Waals surface area contributed by atoms with E-state index in [1.54, 1.807) is 18.2 Å². The molecule has 1 aromatic carbocycles. The van der Waals surface area contributed by atoms with Crippen molar-refractivity contribution in [3.05, 3.63) is 18.2 Å². The van der Waals surface area contributed by atoms with E-state index in [9.17, 15) is 9.59 Å². The Labute approximate surface area is 132 Å². The summed E-state index contributed by atoms with van der Waals surface area (Å²) in [4.78, 5) is 23.5. The highest BCUT2D eigenvalue weighted by atomic mass is 16.5. The minimum absolute atomic E-state index is 0.0197. The van der Waals surface area contributed by atoms with Crippen LogP contribution in [0.1, 0.15) is 46.5 Å². The van der Waals surface area contributed by atoms with Gasteiger partial charge in [0.25, 0.3) is 0 Å². The van der Waals surface area contributed by atoms with Crippen molar-refractivity contribution in [1.82, 2.24) is 0 Å². The molecule has 0 aliphatic heterocycles. The van der Waals surface area contributed by atoms with Crippen LogP contribution in [0, 0.1) is 5.92 Å². The molecule has 0 aliphatic carbocycles. The van der Waals surface area contributed by atoms with Gasteiger partial charge in [-0.2, -0.15) is 0 Å². The topological polar surface area (TPSA) is 67.4 Å². The highest BCUT2D eigenvalue weighted by Gasteiger charge is 2.16. The van der Waals surface area contributed by atoms with E-state index in [-0.39, 0.29) is 17.7 Å². The fourth-order valence-corrected chi connectivity index (χ4v) is 2.29. The van der Waals surface area contributed by atoms with Gasteiger partial charge < -0.3 is 15.4 Å². The molecule has 22 heavy (non-hydrogen) atoms. The number of anilines is 2. The van der Waals surface area contributed by atoms with Crippen molar-refractivity contribution in [2.45, 2.75) is 46.5 Å². The molecule has 0 heterocycles. The van der Waals surface area contributed by atoms with Gasteiger partial charge in [-0.3, -0.25) is 9.59 Å². The van der Waals surface area contributed by atoms with Crippen LogP contribution in [0.4, 0.5) is 11.4 Å². The Hall–Kier alpha value is -2.04. The number of carbonyl (C=O) groups is 2. The third kappa shape index (κ3) is 5.39. The number of rotatable bonds is 8. The van der Waals surface area contributed by atoms with Crippen LogP contribution in [0.2, 0.25) is 0 Å². The molecular weight excluding hydrogens is 280 g/mol. The number of ether oxygens (including phenoxy) is 1. The number of hydrogen-bond donors (Lipinski definition) is 2. The number of methoxy groups -OCH3 is 1. The van der Waals surface area contributed by atoms with E-state index < -0.39 is 0 Å². The van der Waals surface area contributed by atoms with Crippen LogP contribution in [0.15, 0.2) is 18.2 Å². The largest absolute Gasteiger partial charge is 0.495 e. The summed E-state index contributed by atoms with van der Waals surface area (Å²) in [5.74, 6) is 0.420. The van der Waals surface area contributed by atoms with Crippen LogP contribution in [0.25, 0.3) is 0 Å². The van der Waals surface area contributed by atoms with E-state index in [1.807, 2.05) is 6.92 Å². The third-order valence-electron chi connectivity index (χ3n) is 3.55. The van der Waals surface area contributed by atoms with Crippen LogP contribution in [0.3, 0.4) is 0 Å². The van der Waals surface area contributed by atoms with Gasteiger partial charge in [0, 0.05) is 18.5 Å². The van der Waals surface area contributed by atoms with Crippen molar-refractivity contribution in [2.24, 2.45) is 5.92 Å². The molecule has 2 N–H and O–H groups in total. The van der Waals surface area contributed by atoms with Gasteiger partial charge in [0.05, 0.1) is 12.8 Å². The molecule has 0 saturated carbocycles. The lowest BCUT2D eigenvalue weighted by Crippen LogP contribution is -2.22. The zero-order valence-electron chi connectivity index (χ0n) is 13.9. The summed E-state index contributed by atoms with van der Waals surface area (Å²) < 4.78 is 5.20. The summed E-state index contributed by atoms with van der Waals surface area (Å²) >= 11 is 0. The second-order valence-corrected chi connectivity index (χ2v) is 5.33. The lowest BCUT2D eigenvalue weighted by molar-refractivity contribution is -0.120. The molecule has 1 aromatic rings. The summed E-state index contributed by atoms with van der Waals surface area (Å²) in [5.41, 5.74) is 1.21. The van der Waals surface area contributed by atoms with Crippen molar-refractivity contribution in [3.63, 3.8) is 0 Å². The predicted octanol–water partition coefficient (Wildman–Crippen LogP) is 3.81. The minimum atomic E-state index is -0.184. The lowest BCUT2D eigenvalue weighted by atomic mass is 9.98. The molecule has 0 aliphatic rings. The summed E-state index contributed by atoms with van der Waals surface area (Å²) in [7, 11) is 1.54. The van der Waals surface area contributed by atoms with Gasteiger partial charge in [-0.15, -0.1) is 0 Å². The van der Waals surface area contributed by atoms with Crippen LogP contribution >= 0.6 is 0 Å². The predicted molar refractivity (Wildman–Crippen MR) is 89.2 cm³/mol. The van der Waals surface area contributed by atoms with Gasteiger partial charge in [0.1, 0.15) is 5.75 Å². The Morgan fingerprint density at radius 3 is 2.50 bits per heavy atom. The average molecular weight is 306 g/mol. The number of nitrogens with one attached hydrogen (secondary N) is 2. The normalized spacial score (nSPS) is 11.6. The van der Waals surface area contributed by atoms with Crippen molar-refractivity contribution in [1.29, 1.82) is 0 Å². The van der Waals surface area contributed by atoms with Crippen LogP contribution in [-0.4, -0.2) is 18.9 Å². The van der Waals surface area contributed by atoms with Gasteiger partial charge >= 0.3 is 0 Å². The first-order chi connectivity index (χ1) is 10.5. The van der Waals surface area contributed by atoms with Crippen molar-refractivity contribution >= 4 is 23.2 Å². The average Bonchev–Trinajstić information content (AvgIpc) is 2.47. The van der Waals surface area contributed by atoms with E-state index in [4.69, 9.17) is 4.74 Å². The summed E-state index contributed by atoms with van der Waals surface area (Å²) in [5, 5.41) is 5.62. The van der Waals surface area contributed by atoms with E-state index in [1.165, 1.54) is 14.0 Å².